The van der Waals surface area contributed by atoms with E-state index in [0.717, 1.165) is 39.1 Å². The summed E-state index contributed by atoms with van der Waals surface area (Å²) in [5.41, 5.74) is 2.33. The molecule has 1 aromatic carbocycles. The van der Waals surface area contributed by atoms with Gasteiger partial charge in [0, 0.05) is 32.7 Å². The molecule has 1 saturated carbocycles. The van der Waals surface area contributed by atoms with Crippen LogP contribution in [0, 0.1) is 11.3 Å². The lowest BCUT2D eigenvalue weighted by atomic mass is 9.67. The number of carbonyl (C=O) groups is 1. The summed E-state index contributed by atoms with van der Waals surface area (Å²) >= 11 is 0. The summed E-state index contributed by atoms with van der Waals surface area (Å²) in [4.78, 5) is 15.5. The predicted octanol–water partition coefficient (Wildman–Crippen LogP) is 2.69. The summed E-state index contributed by atoms with van der Waals surface area (Å²) in [6.45, 7) is 9.69. The maximum atomic E-state index is 13.0. The lowest BCUT2D eigenvalue weighted by molar-refractivity contribution is -0.134. The van der Waals surface area contributed by atoms with Crippen LogP contribution < -0.4 is 10.6 Å². The molecule has 0 spiro atoms. The number of ether oxygens (including phenoxy) is 1. The Bertz CT molecular complexity index is 667. The Labute approximate surface area is 169 Å². The number of fused-ring (bicyclic) bond motifs is 1. The van der Waals surface area contributed by atoms with E-state index >= 15 is 0 Å². The van der Waals surface area contributed by atoms with Crippen LogP contribution in [0.2, 0.25) is 0 Å². The Hall–Kier alpha value is -1.43. The molecule has 4 rings (SSSR count). The second-order valence-corrected chi connectivity index (χ2v) is 9.18. The summed E-state index contributed by atoms with van der Waals surface area (Å²) in [6.07, 6.45) is 5.26. The summed E-state index contributed by atoms with van der Waals surface area (Å²) in [6, 6.07) is 8.72. The van der Waals surface area contributed by atoms with E-state index in [-0.39, 0.29) is 11.3 Å². The highest BCUT2D eigenvalue weighted by molar-refractivity contribution is 5.83. The standard InChI is InChI=1S/C23H35N3O2/c1-17-13-26(14-18(2)28-17)15-20-8-6-19(7-9-20)11-25-22(27)23-10-4-3-5-21(23)12-24-16-23/h6-9,17-18,21,24H,3-5,10-16H2,1-2H3,(H,25,27)/t17?,18?,21-,23+/m0/s1. The van der Waals surface area contributed by atoms with Gasteiger partial charge in [-0.05, 0) is 50.3 Å². The van der Waals surface area contributed by atoms with Crippen molar-refractivity contribution in [1.82, 2.24) is 15.5 Å². The molecular weight excluding hydrogens is 350 g/mol. The minimum atomic E-state index is -0.165. The second-order valence-electron chi connectivity index (χ2n) is 9.18. The number of hydrogen-bond donors (Lipinski definition) is 2. The lowest BCUT2D eigenvalue weighted by Crippen LogP contribution is -2.47. The minimum absolute atomic E-state index is 0.165. The molecule has 28 heavy (non-hydrogen) atoms. The maximum Gasteiger partial charge on any atom is 0.228 e. The number of nitrogens with one attached hydrogen (secondary N) is 2. The molecule has 4 atom stereocenters. The van der Waals surface area contributed by atoms with E-state index < -0.39 is 0 Å². The van der Waals surface area contributed by atoms with Gasteiger partial charge in [0.2, 0.25) is 5.91 Å². The smallest absolute Gasteiger partial charge is 0.228 e. The van der Waals surface area contributed by atoms with Gasteiger partial charge in [0.1, 0.15) is 0 Å². The zero-order valence-electron chi connectivity index (χ0n) is 17.4. The monoisotopic (exact) mass is 385 g/mol. The van der Waals surface area contributed by atoms with E-state index in [1.165, 1.54) is 30.4 Å². The van der Waals surface area contributed by atoms with Crippen LogP contribution in [0.5, 0.6) is 0 Å². The van der Waals surface area contributed by atoms with Gasteiger partial charge < -0.3 is 15.4 Å². The highest BCUT2D eigenvalue weighted by atomic mass is 16.5. The van der Waals surface area contributed by atoms with E-state index in [1.54, 1.807) is 0 Å². The lowest BCUT2D eigenvalue weighted by Gasteiger charge is -2.37. The summed E-state index contributed by atoms with van der Waals surface area (Å²) in [7, 11) is 0. The Balaban J connectivity index is 1.30. The van der Waals surface area contributed by atoms with Crippen LogP contribution in [-0.4, -0.2) is 49.2 Å². The molecule has 2 saturated heterocycles. The molecule has 3 aliphatic rings. The number of nitrogens with zero attached hydrogens (tertiary/aromatic N) is 1. The third-order valence-electron chi connectivity index (χ3n) is 6.87. The van der Waals surface area contributed by atoms with Gasteiger partial charge in [-0.25, -0.2) is 0 Å². The summed E-state index contributed by atoms with van der Waals surface area (Å²) in [5, 5.41) is 6.70. The first-order valence-electron chi connectivity index (χ1n) is 11.0. The zero-order chi connectivity index (χ0) is 19.6. The van der Waals surface area contributed by atoms with Crippen molar-refractivity contribution < 1.29 is 9.53 Å². The van der Waals surface area contributed by atoms with Gasteiger partial charge in [0.15, 0.2) is 0 Å². The minimum Gasteiger partial charge on any atom is -0.373 e. The third-order valence-corrected chi connectivity index (χ3v) is 6.87. The average molecular weight is 386 g/mol. The Morgan fingerprint density at radius 3 is 2.64 bits per heavy atom. The van der Waals surface area contributed by atoms with Crippen molar-refractivity contribution in [3.8, 4) is 0 Å². The largest absolute Gasteiger partial charge is 0.373 e. The van der Waals surface area contributed by atoms with Crippen LogP contribution in [0.3, 0.4) is 0 Å². The van der Waals surface area contributed by atoms with Crippen molar-refractivity contribution in [2.45, 2.75) is 64.8 Å². The Kier molecular flexibility index (Phi) is 6.04. The zero-order valence-corrected chi connectivity index (χ0v) is 17.4. The topological polar surface area (TPSA) is 53.6 Å². The quantitative estimate of drug-likeness (QED) is 0.818. The molecule has 2 aliphatic heterocycles. The molecule has 0 radical (unpaired) electrons. The van der Waals surface area contributed by atoms with Crippen LogP contribution in [0.25, 0.3) is 0 Å². The predicted molar refractivity (Wildman–Crippen MR) is 111 cm³/mol. The molecule has 0 aromatic heterocycles. The molecule has 2 unspecified atom stereocenters. The van der Waals surface area contributed by atoms with Crippen LogP contribution >= 0.6 is 0 Å². The van der Waals surface area contributed by atoms with Gasteiger partial charge in [-0.2, -0.15) is 0 Å². The molecule has 5 heteroatoms. The first kappa shape index (κ1) is 19.9. The van der Waals surface area contributed by atoms with E-state index in [0.29, 0.717) is 24.7 Å². The van der Waals surface area contributed by atoms with Crippen molar-refractivity contribution in [2.75, 3.05) is 26.2 Å². The van der Waals surface area contributed by atoms with Crippen LogP contribution in [0.4, 0.5) is 0 Å². The van der Waals surface area contributed by atoms with Crippen molar-refractivity contribution >= 4 is 5.91 Å². The molecule has 5 nitrogen and oxygen atoms in total. The van der Waals surface area contributed by atoms with E-state index in [1.807, 2.05) is 0 Å². The number of amides is 1. The molecule has 2 N–H and O–H groups in total. The van der Waals surface area contributed by atoms with Crippen molar-refractivity contribution in [3.05, 3.63) is 35.4 Å². The Morgan fingerprint density at radius 1 is 1.18 bits per heavy atom. The number of morpholine rings is 1. The van der Waals surface area contributed by atoms with E-state index in [4.69, 9.17) is 4.74 Å². The normalized spacial score (nSPS) is 33.4. The number of hydrogen-bond acceptors (Lipinski definition) is 4. The van der Waals surface area contributed by atoms with Gasteiger partial charge in [0.25, 0.3) is 0 Å². The highest BCUT2D eigenvalue weighted by Gasteiger charge is 2.49. The van der Waals surface area contributed by atoms with Gasteiger partial charge in [0.05, 0.1) is 17.6 Å². The van der Waals surface area contributed by atoms with Crippen LogP contribution in [-0.2, 0) is 22.6 Å². The summed E-state index contributed by atoms with van der Waals surface area (Å²) < 4.78 is 5.82. The molecule has 0 bridgehead atoms. The van der Waals surface area contributed by atoms with Crippen molar-refractivity contribution in [2.24, 2.45) is 11.3 Å². The SMILES string of the molecule is CC1CN(Cc2ccc(CNC(=O)[C@@]34CCCC[C@H]3CNC4)cc2)CC(C)O1. The van der Waals surface area contributed by atoms with Gasteiger partial charge >= 0.3 is 0 Å². The summed E-state index contributed by atoms with van der Waals surface area (Å²) in [5.74, 6) is 0.768. The molecule has 3 fully saturated rings. The fourth-order valence-electron chi connectivity index (χ4n) is 5.48. The maximum absolute atomic E-state index is 13.0. The molecule has 1 amide bonds. The number of benzene rings is 1. The third kappa shape index (κ3) is 4.27. The van der Waals surface area contributed by atoms with Crippen molar-refractivity contribution in [1.29, 1.82) is 0 Å². The Morgan fingerprint density at radius 2 is 1.89 bits per heavy atom. The van der Waals surface area contributed by atoms with Crippen LogP contribution in [0.15, 0.2) is 24.3 Å². The fourth-order valence-corrected chi connectivity index (χ4v) is 5.48. The molecular formula is C23H35N3O2. The average Bonchev–Trinajstić information content (AvgIpc) is 3.12. The fraction of sp³-hybridized carbons (Fsp3) is 0.696. The van der Waals surface area contributed by atoms with Gasteiger partial charge in [-0.15, -0.1) is 0 Å². The van der Waals surface area contributed by atoms with Gasteiger partial charge in [-0.3, -0.25) is 9.69 Å². The molecule has 2 heterocycles. The first-order chi connectivity index (χ1) is 13.5. The highest BCUT2D eigenvalue weighted by Crippen LogP contribution is 2.43. The van der Waals surface area contributed by atoms with E-state index in [9.17, 15) is 4.79 Å². The molecule has 1 aromatic rings. The number of rotatable bonds is 5. The van der Waals surface area contributed by atoms with Gasteiger partial charge in [-0.1, -0.05) is 37.1 Å². The molecule has 154 valence electrons. The van der Waals surface area contributed by atoms with Crippen LogP contribution in [0.1, 0.15) is 50.7 Å². The van der Waals surface area contributed by atoms with Crippen molar-refractivity contribution in [3.63, 3.8) is 0 Å². The second kappa shape index (κ2) is 8.52. The molecule has 1 aliphatic carbocycles. The van der Waals surface area contributed by atoms with E-state index in [2.05, 4.69) is 53.6 Å². The number of carbonyl (C=O) groups excluding carboxylic acids is 1. The first-order valence-corrected chi connectivity index (χ1v) is 11.0.